The summed E-state index contributed by atoms with van der Waals surface area (Å²) in [4.78, 5) is 23.8. The topological polar surface area (TPSA) is 78.4 Å². The molecule has 0 saturated carbocycles. The number of carboxylic acid groups (broad SMARTS) is 1. The molecule has 1 aliphatic rings. The summed E-state index contributed by atoms with van der Waals surface area (Å²) in [5.74, 6) is -2.37. The predicted octanol–water partition coefficient (Wildman–Crippen LogP) is 4.04. The monoisotopic (exact) mass is 336 g/mol. The van der Waals surface area contributed by atoms with Gasteiger partial charge in [-0.1, -0.05) is 30.4 Å². The standard InChI is InChI=1S/C20H20N2O3/c23-19(17-8-4-5-9-18(17)20(24)25)22-16-12-10-15(11-13-16)21-14-6-2-1-3-7-14/h1-7,10-13,17-18,21H,8-9H2,(H,22,23)(H,24,25)/t17-,18-/m0/s1. The molecule has 0 fully saturated rings. The minimum Gasteiger partial charge on any atom is -0.481 e. The van der Waals surface area contributed by atoms with E-state index in [1.807, 2.05) is 54.6 Å². The average molecular weight is 336 g/mol. The van der Waals surface area contributed by atoms with Crippen LogP contribution in [0.3, 0.4) is 0 Å². The fraction of sp³-hybridized carbons (Fsp3) is 0.200. The van der Waals surface area contributed by atoms with Gasteiger partial charge in [0.15, 0.2) is 0 Å². The smallest absolute Gasteiger partial charge is 0.307 e. The van der Waals surface area contributed by atoms with Gasteiger partial charge < -0.3 is 15.7 Å². The maximum absolute atomic E-state index is 12.4. The maximum atomic E-state index is 12.4. The Bertz CT molecular complexity index is 769. The number of hydrogen-bond acceptors (Lipinski definition) is 3. The van der Waals surface area contributed by atoms with Gasteiger partial charge in [0.1, 0.15) is 0 Å². The van der Waals surface area contributed by atoms with Crippen LogP contribution in [0.15, 0.2) is 66.7 Å². The Kier molecular flexibility index (Phi) is 5.14. The summed E-state index contributed by atoms with van der Waals surface area (Å²) in [6, 6.07) is 17.2. The van der Waals surface area contributed by atoms with Gasteiger partial charge in [0.25, 0.3) is 0 Å². The molecule has 0 aliphatic heterocycles. The average Bonchev–Trinajstić information content (AvgIpc) is 2.64. The third kappa shape index (κ3) is 4.26. The number of hydrogen-bond donors (Lipinski definition) is 3. The van der Waals surface area contributed by atoms with E-state index in [9.17, 15) is 14.7 Å². The third-order valence-electron chi connectivity index (χ3n) is 4.30. The summed E-state index contributed by atoms with van der Waals surface area (Å²) in [6.45, 7) is 0. The molecule has 5 nitrogen and oxygen atoms in total. The molecule has 2 aromatic rings. The molecule has 0 saturated heterocycles. The highest BCUT2D eigenvalue weighted by Gasteiger charge is 2.33. The summed E-state index contributed by atoms with van der Waals surface area (Å²) < 4.78 is 0. The van der Waals surface area contributed by atoms with Gasteiger partial charge in [-0.2, -0.15) is 0 Å². The number of amides is 1. The van der Waals surface area contributed by atoms with E-state index in [-0.39, 0.29) is 5.91 Å². The Morgan fingerprint density at radius 1 is 0.800 bits per heavy atom. The quantitative estimate of drug-likeness (QED) is 0.720. The molecule has 0 bridgehead atoms. The molecule has 128 valence electrons. The predicted molar refractivity (Wildman–Crippen MR) is 97.8 cm³/mol. The molecule has 0 heterocycles. The molecule has 2 aromatic carbocycles. The molecule has 0 aromatic heterocycles. The minimum atomic E-state index is -0.924. The molecule has 0 unspecified atom stereocenters. The van der Waals surface area contributed by atoms with Gasteiger partial charge >= 0.3 is 5.97 Å². The molecule has 1 amide bonds. The molecule has 5 heteroatoms. The van der Waals surface area contributed by atoms with Crippen LogP contribution in [0.1, 0.15) is 12.8 Å². The SMILES string of the molecule is O=C(O)[C@H]1CC=CC[C@@H]1C(=O)Nc1ccc(Nc2ccccc2)cc1. The number of carbonyl (C=O) groups is 2. The van der Waals surface area contributed by atoms with E-state index in [0.29, 0.717) is 18.5 Å². The third-order valence-corrected chi connectivity index (χ3v) is 4.30. The van der Waals surface area contributed by atoms with Crippen LogP contribution in [0.2, 0.25) is 0 Å². The van der Waals surface area contributed by atoms with Crippen molar-refractivity contribution in [3.05, 3.63) is 66.7 Å². The zero-order chi connectivity index (χ0) is 17.6. The molecule has 3 N–H and O–H groups in total. The zero-order valence-electron chi connectivity index (χ0n) is 13.7. The Labute approximate surface area is 146 Å². The first-order valence-electron chi connectivity index (χ1n) is 8.24. The Hall–Kier alpha value is -3.08. The lowest BCUT2D eigenvalue weighted by Gasteiger charge is -2.24. The Morgan fingerprint density at radius 2 is 1.36 bits per heavy atom. The molecule has 0 spiro atoms. The van der Waals surface area contributed by atoms with Gasteiger partial charge in [-0.3, -0.25) is 9.59 Å². The van der Waals surface area contributed by atoms with Crippen LogP contribution in [-0.4, -0.2) is 17.0 Å². The van der Waals surface area contributed by atoms with Gasteiger partial charge in [0, 0.05) is 17.1 Å². The van der Waals surface area contributed by atoms with Gasteiger partial charge in [0.2, 0.25) is 5.91 Å². The van der Waals surface area contributed by atoms with E-state index in [1.165, 1.54) is 0 Å². The Balaban J connectivity index is 1.63. The molecule has 1 aliphatic carbocycles. The number of rotatable bonds is 5. The lowest BCUT2D eigenvalue weighted by molar-refractivity contribution is -0.146. The number of carbonyl (C=O) groups excluding carboxylic acids is 1. The first-order chi connectivity index (χ1) is 12.1. The first kappa shape index (κ1) is 16.8. The van der Waals surface area contributed by atoms with Crippen molar-refractivity contribution in [2.45, 2.75) is 12.8 Å². The molecule has 3 rings (SSSR count). The van der Waals surface area contributed by atoms with E-state index in [0.717, 1.165) is 11.4 Å². The van der Waals surface area contributed by atoms with E-state index in [4.69, 9.17) is 0 Å². The minimum absolute atomic E-state index is 0.250. The number of aliphatic carboxylic acids is 1. The number of allylic oxidation sites excluding steroid dienone is 2. The van der Waals surface area contributed by atoms with Crippen LogP contribution >= 0.6 is 0 Å². The maximum Gasteiger partial charge on any atom is 0.307 e. The summed E-state index contributed by atoms with van der Waals surface area (Å²) >= 11 is 0. The number of benzene rings is 2. The van der Waals surface area contributed by atoms with Crippen molar-refractivity contribution in [3.8, 4) is 0 Å². The largest absolute Gasteiger partial charge is 0.481 e. The van der Waals surface area contributed by atoms with Crippen molar-refractivity contribution < 1.29 is 14.7 Å². The highest BCUT2D eigenvalue weighted by atomic mass is 16.4. The van der Waals surface area contributed by atoms with Crippen LogP contribution in [0.4, 0.5) is 17.1 Å². The Morgan fingerprint density at radius 3 is 2.00 bits per heavy atom. The van der Waals surface area contributed by atoms with Gasteiger partial charge in [-0.25, -0.2) is 0 Å². The molecule has 25 heavy (non-hydrogen) atoms. The number of para-hydroxylation sites is 1. The van der Waals surface area contributed by atoms with Crippen LogP contribution in [0.5, 0.6) is 0 Å². The second-order valence-corrected chi connectivity index (χ2v) is 6.05. The highest BCUT2D eigenvalue weighted by Crippen LogP contribution is 2.27. The van der Waals surface area contributed by atoms with Crippen molar-refractivity contribution in [2.75, 3.05) is 10.6 Å². The second kappa shape index (κ2) is 7.66. The fourth-order valence-electron chi connectivity index (χ4n) is 2.94. The fourth-order valence-corrected chi connectivity index (χ4v) is 2.94. The van der Waals surface area contributed by atoms with Crippen LogP contribution in [-0.2, 0) is 9.59 Å². The zero-order valence-corrected chi connectivity index (χ0v) is 13.7. The molecule has 2 atom stereocenters. The van der Waals surface area contributed by atoms with E-state index < -0.39 is 17.8 Å². The van der Waals surface area contributed by atoms with Crippen molar-refractivity contribution in [1.29, 1.82) is 0 Å². The first-order valence-corrected chi connectivity index (χ1v) is 8.24. The van der Waals surface area contributed by atoms with Crippen LogP contribution in [0, 0.1) is 11.8 Å². The normalized spacial score (nSPS) is 19.2. The van der Waals surface area contributed by atoms with E-state index in [1.54, 1.807) is 12.1 Å². The molecule has 0 radical (unpaired) electrons. The number of carboxylic acids is 1. The van der Waals surface area contributed by atoms with Crippen molar-refractivity contribution >= 4 is 28.9 Å². The number of nitrogens with one attached hydrogen (secondary N) is 2. The summed E-state index contributed by atoms with van der Waals surface area (Å²) in [7, 11) is 0. The van der Waals surface area contributed by atoms with Crippen LogP contribution < -0.4 is 10.6 Å². The van der Waals surface area contributed by atoms with E-state index in [2.05, 4.69) is 10.6 Å². The highest BCUT2D eigenvalue weighted by molar-refractivity contribution is 5.95. The lowest BCUT2D eigenvalue weighted by atomic mass is 9.82. The summed E-state index contributed by atoms with van der Waals surface area (Å²) in [5.41, 5.74) is 2.55. The van der Waals surface area contributed by atoms with Crippen molar-refractivity contribution in [3.63, 3.8) is 0 Å². The van der Waals surface area contributed by atoms with Crippen molar-refractivity contribution in [2.24, 2.45) is 11.8 Å². The lowest BCUT2D eigenvalue weighted by Crippen LogP contribution is -2.34. The van der Waals surface area contributed by atoms with Gasteiger partial charge in [0.05, 0.1) is 11.8 Å². The van der Waals surface area contributed by atoms with Crippen molar-refractivity contribution in [1.82, 2.24) is 0 Å². The summed E-state index contributed by atoms with van der Waals surface area (Å²) in [6.07, 6.45) is 4.55. The molecular weight excluding hydrogens is 316 g/mol. The number of anilines is 3. The second-order valence-electron chi connectivity index (χ2n) is 6.05. The van der Waals surface area contributed by atoms with Gasteiger partial charge in [-0.15, -0.1) is 0 Å². The molecular formula is C20H20N2O3. The van der Waals surface area contributed by atoms with Gasteiger partial charge in [-0.05, 0) is 49.2 Å². The van der Waals surface area contributed by atoms with Crippen LogP contribution in [0.25, 0.3) is 0 Å². The van der Waals surface area contributed by atoms with E-state index >= 15 is 0 Å². The summed E-state index contributed by atoms with van der Waals surface area (Å²) in [5, 5.41) is 15.4.